The number of ether oxygens (including phenoxy) is 2. The predicted octanol–water partition coefficient (Wildman–Crippen LogP) is 2.63. The first-order valence-electron chi connectivity index (χ1n) is 4.88. The molecule has 4 nitrogen and oxygen atoms in total. The van der Waals surface area contributed by atoms with Gasteiger partial charge in [-0.15, -0.1) is 12.6 Å². The van der Waals surface area contributed by atoms with Gasteiger partial charge in [0.15, 0.2) is 0 Å². The summed E-state index contributed by atoms with van der Waals surface area (Å²) in [5, 5.41) is 8.89. The van der Waals surface area contributed by atoms with E-state index in [1.807, 2.05) is 0 Å². The van der Waals surface area contributed by atoms with E-state index in [2.05, 4.69) is 17.4 Å². The van der Waals surface area contributed by atoms with Crippen molar-refractivity contribution in [3.63, 3.8) is 0 Å². The van der Waals surface area contributed by atoms with Gasteiger partial charge >= 0.3 is 12.6 Å². The summed E-state index contributed by atoms with van der Waals surface area (Å²) in [6, 6.07) is 3.93. The van der Waals surface area contributed by atoms with E-state index in [-0.39, 0.29) is 28.4 Å². The molecule has 0 radical (unpaired) electrons. The molecule has 0 aliphatic carbocycles. The summed E-state index contributed by atoms with van der Waals surface area (Å²) < 4.78 is 33.1. The molecule has 1 aromatic rings. The molecule has 0 unspecified atom stereocenters. The van der Waals surface area contributed by atoms with Crippen LogP contribution in [-0.2, 0) is 4.74 Å². The van der Waals surface area contributed by atoms with Crippen molar-refractivity contribution in [1.82, 2.24) is 0 Å². The second-order valence-corrected chi connectivity index (χ2v) is 3.56. The highest BCUT2D eigenvalue weighted by Gasteiger charge is 2.18. The van der Waals surface area contributed by atoms with E-state index < -0.39 is 12.6 Å². The number of esters is 1. The lowest BCUT2D eigenvalue weighted by atomic mass is 10.1. The molecule has 0 amide bonds. The van der Waals surface area contributed by atoms with Crippen molar-refractivity contribution in [2.45, 2.75) is 18.4 Å². The summed E-state index contributed by atoms with van der Waals surface area (Å²) in [6.45, 7) is -1.34. The molecule has 0 heterocycles. The number of nitrogens with zero attached hydrogens (tertiary/aromatic N) is 1. The molecular formula is C11H9F2NO3S. The van der Waals surface area contributed by atoms with E-state index in [1.54, 1.807) is 13.0 Å². The van der Waals surface area contributed by atoms with Gasteiger partial charge in [0.25, 0.3) is 0 Å². The van der Waals surface area contributed by atoms with E-state index in [9.17, 15) is 13.6 Å². The van der Waals surface area contributed by atoms with E-state index in [4.69, 9.17) is 10.00 Å². The van der Waals surface area contributed by atoms with Gasteiger partial charge in [-0.25, -0.2) is 4.79 Å². The van der Waals surface area contributed by atoms with Gasteiger partial charge in [-0.3, -0.25) is 0 Å². The molecule has 1 aromatic carbocycles. The molecule has 0 bridgehead atoms. The maximum atomic E-state index is 12.1. The summed E-state index contributed by atoms with van der Waals surface area (Å²) in [4.78, 5) is 11.6. The molecule has 0 aliphatic heterocycles. The Hall–Kier alpha value is -1.81. The molecule has 0 fully saturated rings. The van der Waals surface area contributed by atoms with Crippen molar-refractivity contribution in [3.05, 3.63) is 23.3 Å². The number of carbonyl (C=O) groups is 1. The number of benzene rings is 1. The zero-order valence-electron chi connectivity index (χ0n) is 9.31. The summed E-state index contributed by atoms with van der Waals surface area (Å²) in [5.74, 6) is -1.04. The molecule has 0 spiro atoms. The van der Waals surface area contributed by atoms with Crippen LogP contribution >= 0.6 is 12.6 Å². The molecule has 18 heavy (non-hydrogen) atoms. The number of nitriles is 1. The van der Waals surface area contributed by atoms with Gasteiger partial charge in [-0.2, -0.15) is 14.0 Å². The fourth-order valence-corrected chi connectivity index (χ4v) is 1.56. The Morgan fingerprint density at radius 3 is 2.72 bits per heavy atom. The van der Waals surface area contributed by atoms with Crippen molar-refractivity contribution in [2.24, 2.45) is 0 Å². The molecule has 0 saturated carbocycles. The summed E-state index contributed by atoms with van der Waals surface area (Å²) in [7, 11) is 0. The third kappa shape index (κ3) is 3.34. The van der Waals surface area contributed by atoms with E-state index in [0.717, 1.165) is 12.1 Å². The fourth-order valence-electron chi connectivity index (χ4n) is 1.26. The quantitative estimate of drug-likeness (QED) is 0.676. The van der Waals surface area contributed by atoms with Crippen molar-refractivity contribution in [3.8, 4) is 11.8 Å². The normalized spacial score (nSPS) is 10.0. The average molecular weight is 273 g/mol. The van der Waals surface area contributed by atoms with Crippen molar-refractivity contribution < 1.29 is 23.0 Å². The Morgan fingerprint density at radius 1 is 1.56 bits per heavy atom. The van der Waals surface area contributed by atoms with Crippen LogP contribution in [0, 0.1) is 11.3 Å². The third-order valence-corrected chi connectivity index (χ3v) is 2.28. The van der Waals surface area contributed by atoms with E-state index in [1.165, 1.54) is 0 Å². The maximum absolute atomic E-state index is 12.1. The van der Waals surface area contributed by atoms with Crippen molar-refractivity contribution >= 4 is 18.6 Å². The van der Waals surface area contributed by atoms with Crippen molar-refractivity contribution in [1.29, 1.82) is 5.26 Å². The zero-order chi connectivity index (χ0) is 13.7. The van der Waals surface area contributed by atoms with E-state index >= 15 is 0 Å². The lowest BCUT2D eigenvalue weighted by Crippen LogP contribution is -2.09. The fraction of sp³-hybridized carbons (Fsp3) is 0.273. The molecule has 0 saturated heterocycles. The highest BCUT2D eigenvalue weighted by Crippen LogP contribution is 2.26. The zero-order valence-corrected chi connectivity index (χ0v) is 10.2. The molecule has 0 atom stereocenters. The van der Waals surface area contributed by atoms with Crippen LogP contribution in [0.3, 0.4) is 0 Å². The minimum Gasteiger partial charge on any atom is -0.462 e. The summed E-state index contributed by atoms with van der Waals surface area (Å²) >= 11 is 3.95. The summed E-state index contributed by atoms with van der Waals surface area (Å²) in [5.41, 5.74) is -0.194. The molecule has 96 valence electrons. The van der Waals surface area contributed by atoms with Crippen LogP contribution in [0.15, 0.2) is 17.0 Å². The third-order valence-electron chi connectivity index (χ3n) is 1.92. The largest absolute Gasteiger partial charge is 0.462 e. The smallest absolute Gasteiger partial charge is 0.387 e. The minimum absolute atomic E-state index is 0.0431. The summed E-state index contributed by atoms with van der Waals surface area (Å²) in [6.07, 6.45) is 0. The molecule has 1 rings (SSSR count). The van der Waals surface area contributed by atoms with Crippen LogP contribution in [0.2, 0.25) is 0 Å². The second-order valence-electron chi connectivity index (χ2n) is 3.08. The van der Waals surface area contributed by atoms with Crippen LogP contribution in [0.4, 0.5) is 8.78 Å². The Bertz CT molecular complexity index is 500. The Kier molecular flexibility index (Phi) is 4.92. The maximum Gasteiger partial charge on any atom is 0.387 e. The van der Waals surface area contributed by atoms with Gasteiger partial charge in [0.1, 0.15) is 11.8 Å². The van der Waals surface area contributed by atoms with Gasteiger partial charge < -0.3 is 9.47 Å². The number of hydrogen-bond donors (Lipinski definition) is 1. The topological polar surface area (TPSA) is 59.3 Å². The molecule has 0 aromatic heterocycles. The Morgan fingerprint density at radius 2 is 2.22 bits per heavy atom. The lowest BCUT2D eigenvalue weighted by Gasteiger charge is -2.10. The lowest BCUT2D eigenvalue weighted by molar-refractivity contribution is -0.0500. The number of rotatable bonds is 4. The van der Waals surface area contributed by atoms with Crippen LogP contribution in [0.1, 0.15) is 22.8 Å². The number of halogens is 2. The number of thiol groups is 1. The molecular weight excluding hydrogens is 264 g/mol. The number of carbonyl (C=O) groups excluding carboxylic acids is 1. The Balaban J connectivity index is 3.24. The van der Waals surface area contributed by atoms with Crippen LogP contribution < -0.4 is 4.74 Å². The van der Waals surface area contributed by atoms with Gasteiger partial charge in [0.05, 0.1) is 17.7 Å². The highest BCUT2D eigenvalue weighted by molar-refractivity contribution is 7.80. The monoisotopic (exact) mass is 273 g/mol. The van der Waals surface area contributed by atoms with Gasteiger partial charge in [0, 0.05) is 4.90 Å². The number of alkyl halides is 2. The average Bonchev–Trinajstić information content (AvgIpc) is 2.27. The van der Waals surface area contributed by atoms with Crippen LogP contribution in [0.5, 0.6) is 5.75 Å². The molecule has 0 N–H and O–H groups in total. The minimum atomic E-state index is -3.03. The Labute approximate surface area is 108 Å². The van der Waals surface area contributed by atoms with Gasteiger partial charge in [-0.1, -0.05) is 0 Å². The van der Waals surface area contributed by atoms with Gasteiger partial charge in [0.2, 0.25) is 0 Å². The SMILES string of the molecule is CCOC(=O)c1cc(OC(F)F)cc(S)c1C#N. The first-order valence-corrected chi connectivity index (χ1v) is 5.33. The molecule has 7 heteroatoms. The van der Waals surface area contributed by atoms with Crippen LogP contribution in [-0.4, -0.2) is 19.2 Å². The first-order chi connectivity index (χ1) is 8.49. The number of hydrogen-bond acceptors (Lipinski definition) is 5. The van der Waals surface area contributed by atoms with Crippen LogP contribution in [0.25, 0.3) is 0 Å². The first kappa shape index (κ1) is 14.3. The predicted molar refractivity (Wildman–Crippen MR) is 61.0 cm³/mol. The van der Waals surface area contributed by atoms with Gasteiger partial charge in [-0.05, 0) is 19.1 Å². The van der Waals surface area contributed by atoms with Crippen molar-refractivity contribution in [2.75, 3.05) is 6.61 Å². The molecule has 0 aliphatic rings. The standard InChI is InChI=1S/C11H9F2NO3S/c1-2-16-10(15)7-3-6(17-11(12)13)4-9(18)8(7)5-14/h3-4,11,18H,2H2,1H3. The highest BCUT2D eigenvalue weighted by atomic mass is 32.1. The van der Waals surface area contributed by atoms with E-state index in [0.29, 0.717) is 0 Å². The second kappa shape index (κ2) is 6.21.